The van der Waals surface area contributed by atoms with Crippen molar-refractivity contribution >= 4 is 28.9 Å². The molecule has 2 aliphatic heterocycles. The average Bonchev–Trinajstić information content (AvgIpc) is 3.35. The fourth-order valence-corrected chi connectivity index (χ4v) is 4.37. The molecule has 0 bridgehead atoms. The lowest BCUT2D eigenvalue weighted by atomic mass is 10.1. The molecule has 0 spiro atoms. The van der Waals surface area contributed by atoms with Crippen LogP contribution in [0.3, 0.4) is 0 Å². The van der Waals surface area contributed by atoms with Gasteiger partial charge in [-0.25, -0.2) is 4.99 Å². The number of hydrogen-bond donors (Lipinski definition) is 3. The van der Waals surface area contributed by atoms with Crippen molar-refractivity contribution in [3.8, 4) is 5.75 Å². The van der Waals surface area contributed by atoms with E-state index in [-0.39, 0.29) is 25.1 Å². The first-order valence-electron chi connectivity index (χ1n) is 10.6. The molecule has 2 heterocycles. The van der Waals surface area contributed by atoms with Gasteiger partial charge in [0.1, 0.15) is 17.7 Å². The Bertz CT molecular complexity index is 1010. The first kappa shape index (κ1) is 21.6. The molecule has 8 heteroatoms. The number of amides is 1. The second-order valence-electron chi connectivity index (χ2n) is 8.09. The Hall–Kier alpha value is -2.64. The van der Waals surface area contributed by atoms with Crippen LogP contribution in [0.25, 0.3) is 0 Å². The summed E-state index contributed by atoms with van der Waals surface area (Å²) in [5.74, 6) is 0.848. The first-order chi connectivity index (χ1) is 14.9. The van der Waals surface area contributed by atoms with E-state index >= 15 is 0 Å². The number of nitrogens with zero attached hydrogens (tertiary/aromatic N) is 2. The topological polar surface area (TPSA) is 98.0 Å². The van der Waals surface area contributed by atoms with Gasteiger partial charge >= 0.3 is 0 Å². The van der Waals surface area contributed by atoms with Gasteiger partial charge in [0, 0.05) is 11.3 Å². The van der Waals surface area contributed by atoms with E-state index in [1.807, 2.05) is 19.9 Å². The van der Waals surface area contributed by atoms with Gasteiger partial charge in [-0.1, -0.05) is 30.7 Å². The number of carbonyl (C=O) groups is 1. The number of aliphatic hydroxyl groups excluding tert-OH is 1. The Balaban J connectivity index is 1.57. The Kier molecular flexibility index (Phi) is 6.16. The highest BCUT2D eigenvalue weighted by Crippen LogP contribution is 2.30. The molecule has 3 N–H and O–H groups in total. The molecule has 7 nitrogen and oxygen atoms in total. The number of benzene rings is 1. The third-order valence-corrected chi connectivity index (χ3v) is 6.42. The zero-order valence-electron chi connectivity index (χ0n) is 17.7. The number of para-hydroxylation sites is 1. The smallest absolute Gasteiger partial charge is 0.258 e. The molecule has 1 aliphatic carbocycles. The Labute approximate surface area is 187 Å². The number of hydrogen-bond acceptors (Lipinski definition) is 6. The zero-order chi connectivity index (χ0) is 22.1. The number of halogens is 1. The Morgan fingerprint density at radius 3 is 2.84 bits per heavy atom. The van der Waals surface area contributed by atoms with E-state index < -0.39 is 6.10 Å². The van der Waals surface area contributed by atoms with Gasteiger partial charge in [0.05, 0.1) is 41.2 Å². The molecule has 0 unspecified atom stereocenters. The van der Waals surface area contributed by atoms with Crippen molar-refractivity contribution in [2.75, 3.05) is 13.1 Å². The summed E-state index contributed by atoms with van der Waals surface area (Å²) in [5, 5.41) is 22.3. The minimum absolute atomic E-state index is 0.202. The van der Waals surface area contributed by atoms with E-state index in [4.69, 9.17) is 21.7 Å². The average molecular weight is 443 g/mol. The highest BCUT2D eigenvalue weighted by Gasteiger charge is 2.33. The number of allylic oxidation sites excluding steroid dienone is 2. The van der Waals surface area contributed by atoms with Crippen molar-refractivity contribution in [1.82, 2.24) is 10.2 Å². The molecule has 0 radical (unpaired) electrons. The van der Waals surface area contributed by atoms with Gasteiger partial charge in [-0.15, -0.1) is 0 Å². The standard InChI is InChI=1S/C23H27ClN4O3/c1-3-17-21(24)13(2)26-22(27-17)15-11-28(12-16(15)25)23(30)14-7-4-5-9-19(14)31-20-10-6-8-18(20)29/h4-5,7,9,18,20,25-26,29H,3,6,8,10-12H2,1-2H3/b22-15+,25-16?/t18-,20-/m0/s1. The van der Waals surface area contributed by atoms with Gasteiger partial charge in [0.2, 0.25) is 0 Å². The maximum absolute atomic E-state index is 13.3. The summed E-state index contributed by atoms with van der Waals surface area (Å²) in [6.45, 7) is 4.34. The number of likely N-dealkylation sites (tertiary alicyclic amines) is 1. The fourth-order valence-electron chi connectivity index (χ4n) is 4.15. The van der Waals surface area contributed by atoms with E-state index in [1.54, 1.807) is 23.1 Å². The van der Waals surface area contributed by atoms with Gasteiger partial charge in [0.25, 0.3) is 5.91 Å². The molecule has 2 atom stereocenters. The monoisotopic (exact) mass is 442 g/mol. The lowest BCUT2D eigenvalue weighted by Crippen LogP contribution is -2.31. The van der Waals surface area contributed by atoms with Gasteiger partial charge < -0.3 is 25.5 Å². The number of rotatable bonds is 4. The second-order valence-corrected chi connectivity index (χ2v) is 8.47. The van der Waals surface area contributed by atoms with E-state index in [2.05, 4.69) is 10.3 Å². The third-order valence-electron chi connectivity index (χ3n) is 5.92. The summed E-state index contributed by atoms with van der Waals surface area (Å²) in [6, 6.07) is 7.10. The molecule has 1 aromatic carbocycles. The number of carbonyl (C=O) groups excluding carboxylic acids is 1. The highest BCUT2D eigenvalue weighted by atomic mass is 35.5. The van der Waals surface area contributed by atoms with E-state index in [0.29, 0.717) is 46.3 Å². The fraction of sp³-hybridized carbons (Fsp3) is 0.435. The van der Waals surface area contributed by atoms with Crippen LogP contribution >= 0.6 is 11.6 Å². The maximum Gasteiger partial charge on any atom is 0.258 e. The minimum atomic E-state index is -0.509. The van der Waals surface area contributed by atoms with Crippen molar-refractivity contribution in [2.24, 2.45) is 4.99 Å². The molecule has 164 valence electrons. The van der Waals surface area contributed by atoms with E-state index in [9.17, 15) is 9.90 Å². The molecule has 2 fully saturated rings. The lowest BCUT2D eigenvalue weighted by molar-refractivity contribution is 0.0580. The SMILES string of the molecule is CCC1=N/C(=C2\CN(C(=O)c3ccccc3O[C@H]3CCC[C@@H]3O)CC2=N)NC(C)=C1Cl. The number of aliphatic hydroxyl groups is 1. The van der Waals surface area contributed by atoms with Crippen LogP contribution in [0.1, 0.15) is 49.9 Å². The van der Waals surface area contributed by atoms with Crippen LogP contribution in [0.5, 0.6) is 5.75 Å². The molecule has 4 rings (SSSR count). The van der Waals surface area contributed by atoms with E-state index in [1.165, 1.54) is 0 Å². The van der Waals surface area contributed by atoms with Gasteiger partial charge in [-0.2, -0.15) is 0 Å². The van der Waals surface area contributed by atoms with Crippen molar-refractivity contribution in [1.29, 1.82) is 5.41 Å². The van der Waals surface area contributed by atoms with Crippen molar-refractivity contribution < 1.29 is 14.6 Å². The van der Waals surface area contributed by atoms with Crippen LogP contribution in [0, 0.1) is 5.41 Å². The normalized spacial score (nSPS) is 26.3. The maximum atomic E-state index is 13.3. The number of ether oxygens (including phenoxy) is 1. The van der Waals surface area contributed by atoms with Crippen LogP contribution in [-0.2, 0) is 0 Å². The molecule has 1 saturated carbocycles. The van der Waals surface area contributed by atoms with Gasteiger partial charge in [-0.05, 0) is 44.7 Å². The van der Waals surface area contributed by atoms with Crippen molar-refractivity contribution in [3.05, 3.63) is 52.0 Å². The second kappa shape index (κ2) is 8.85. The summed E-state index contributed by atoms with van der Waals surface area (Å²) >= 11 is 6.31. The number of aliphatic imine (C=N–C) groups is 1. The molecule has 1 saturated heterocycles. The predicted octanol–water partition coefficient (Wildman–Crippen LogP) is 3.59. The molecular weight excluding hydrogens is 416 g/mol. The zero-order valence-corrected chi connectivity index (χ0v) is 18.5. The molecule has 31 heavy (non-hydrogen) atoms. The molecule has 0 aromatic heterocycles. The molecule has 1 aromatic rings. The van der Waals surface area contributed by atoms with Crippen LogP contribution in [0.15, 0.2) is 51.4 Å². The minimum Gasteiger partial charge on any atom is -0.487 e. The van der Waals surface area contributed by atoms with Crippen molar-refractivity contribution in [2.45, 2.75) is 51.7 Å². The van der Waals surface area contributed by atoms with Crippen LogP contribution in [-0.4, -0.2) is 52.6 Å². The summed E-state index contributed by atoms with van der Waals surface area (Å²) in [7, 11) is 0. The Morgan fingerprint density at radius 2 is 2.13 bits per heavy atom. The third kappa shape index (κ3) is 4.25. The number of nitrogens with one attached hydrogen (secondary N) is 2. The van der Waals surface area contributed by atoms with Crippen LogP contribution < -0.4 is 10.1 Å². The van der Waals surface area contributed by atoms with E-state index in [0.717, 1.165) is 24.3 Å². The summed E-state index contributed by atoms with van der Waals surface area (Å²) in [5.41, 5.74) is 3.04. The summed E-state index contributed by atoms with van der Waals surface area (Å²) < 4.78 is 6.01. The van der Waals surface area contributed by atoms with Crippen LogP contribution in [0.2, 0.25) is 0 Å². The van der Waals surface area contributed by atoms with Gasteiger partial charge in [0.15, 0.2) is 0 Å². The molecular formula is C23H27ClN4O3. The summed E-state index contributed by atoms with van der Waals surface area (Å²) in [6.07, 6.45) is 2.27. The highest BCUT2D eigenvalue weighted by molar-refractivity contribution is 6.44. The summed E-state index contributed by atoms with van der Waals surface area (Å²) in [4.78, 5) is 19.5. The largest absolute Gasteiger partial charge is 0.487 e. The van der Waals surface area contributed by atoms with Crippen LogP contribution in [0.4, 0.5) is 0 Å². The predicted molar refractivity (Wildman–Crippen MR) is 121 cm³/mol. The quantitative estimate of drug-likeness (QED) is 0.663. The lowest BCUT2D eigenvalue weighted by Gasteiger charge is -2.22. The Morgan fingerprint density at radius 1 is 1.35 bits per heavy atom. The molecule has 1 amide bonds. The molecule has 3 aliphatic rings. The first-order valence-corrected chi connectivity index (χ1v) is 11.0. The van der Waals surface area contributed by atoms with Crippen molar-refractivity contribution in [3.63, 3.8) is 0 Å². The van der Waals surface area contributed by atoms with Gasteiger partial charge in [-0.3, -0.25) is 4.79 Å².